The van der Waals surface area contributed by atoms with Crippen molar-refractivity contribution < 1.29 is 5.11 Å². The van der Waals surface area contributed by atoms with Crippen molar-refractivity contribution in [3.63, 3.8) is 0 Å². The molecule has 2 fully saturated rings. The van der Waals surface area contributed by atoms with E-state index in [1.807, 2.05) is 0 Å². The summed E-state index contributed by atoms with van der Waals surface area (Å²) in [4.78, 5) is 5.27. The number of hydrogen-bond donors (Lipinski definition) is 2. The normalized spacial score (nSPS) is 24.9. The quantitative estimate of drug-likeness (QED) is 0.720. The molecule has 2 N–H and O–H groups in total. The fourth-order valence-electron chi connectivity index (χ4n) is 3.59. The van der Waals surface area contributed by atoms with Gasteiger partial charge in [-0.05, 0) is 25.8 Å². The van der Waals surface area contributed by atoms with Crippen molar-refractivity contribution >= 4 is 0 Å². The number of hydrogen-bond acceptors (Lipinski definition) is 4. The van der Waals surface area contributed by atoms with Crippen LogP contribution in [0.3, 0.4) is 0 Å². The van der Waals surface area contributed by atoms with Gasteiger partial charge in [0.1, 0.15) is 0 Å². The first kappa shape index (κ1) is 15.2. The second kappa shape index (κ2) is 8.20. The van der Waals surface area contributed by atoms with E-state index in [4.69, 9.17) is 5.11 Å². The molecule has 2 rings (SSSR count). The molecule has 19 heavy (non-hydrogen) atoms. The standard InChI is InChI=1S/C15H31N3O/c1-2-16-14(7-12-19)13-17-8-10-18(11-9-17)15-5-3-4-6-15/h14-16,19H,2-13H2,1H3. The minimum Gasteiger partial charge on any atom is -0.396 e. The number of likely N-dealkylation sites (N-methyl/N-ethyl adjacent to an activating group) is 1. The Balaban J connectivity index is 1.69. The maximum atomic E-state index is 9.11. The van der Waals surface area contributed by atoms with Crippen LogP contribution in [0.1, 0.15) is 39.0 Å². The number of aliphatic hydroxyl groups excluding tert-OH is 1. The summed E-state index contributed by atoms with van der Waals surface area (Å²) in [6, 6.07) is 1.33. The van der Waals surface area contributed by atoms with Gasteiger partial charge in [-0.2, -0.15) is 0 Å². The predicted octanol–water partition coefficient (Wildman–Crippen LogP) is 0.907. The smallest absolute Gasteiger partial charge is 0.0446 e. The minimum atomic E-state index is 0.291. The molecule has 0 amide bonds. The number of nitrogens with zero attached hydrogens (tertiary/aromatic N) is 2. The van der Waals surface area contributed by atoms with Crippen LogP contribution >= 0.6 is 0 Å². The molecular formula is C15H31N3O. The Morgan fingerprint density at radius 3 is 2.42 bits per heavy atom. The molecule has 112 valence electrons. The second-order valence-corrected chi connectivity index (χ2v) is 6.04. The Labute approximate surface area is 118 Å². The van der Waals surface area contributed by atoms with E-state index in [1.165, 1.54) is 51.9 Å². The average molecular weight is 269 g/mol. The zero-order valence-corrected chi connectivity index (χ0v) is 12.5. The first-order valence-electron chi connectivity index (χ1n) is 8.14. The molecule has 4 heteroatoms. The number of rotatable bonds is 7. The van der Waals surface area contributed by atoms with Crippen LogP contribution in [-0.2, 0) is 0 Å². The summed E-state index contributed by atoms with van der Waals surface area (Å²) < 4.78 is 0. The lowest BCUT2D eigenvalue weighted by Gasteiger charge is -2.39. The van der Waals surface area contributed by atoms with Gasteiger partial charge in [-0.15, -0.1) is 0 Å². The molecule has 4 nitrogen and oxygen atoms in total. The van der Waals surface area contributed by atoms with E-state index in [0.717, 1.165) is 25.6 Å². The maximum absolute atomic E-state index is 9.11. The van der Waals surface area contributed by atoms with E-state index in [-0.39, 0.29) is 0 Å². The molecule has 1 aliphatic heterocycles. The molecule has 0 radical (unpaired) electrons. The first-order chi connectivity index (χ1) is 9.33. The zero-order valence-electron chi connectivity index (χ0n) is 12.5. The van der Waals surface area contributed by atoms with Crippen molar-refractivity contribution in [1.82, 2.24) is 15.1 Å². The van der Waals surface area contributed by atoms with Crippen LogP contribution < -0.4 is 5.32 Å². The summed E-state index contributed by atoms with van der Waals surface area (Å²) in [7, 11) is 0. The molecule has 1 saturated carbocycles. The summed E-state index contributed by atoms with van der Waals surface area (Å²) in [5.74, 6) is 0. The highest BCUT2D eigenvalue weighted by Gasteiger charge is 2.26. The van der Waals surface area contributed by atoms with Gasteiger partial charge in [-0.25, -0.2) is 0 Å². The van der Waals surface area contributed by atoms with Gasteiger partial charge in [0.15, 0.2) is 0 Å². The third-order valence-corrected chi connectivity index (χ3v) is 4.70. The van der Waals surface area contributed by atoms with Gasteiger partial charge < -0.3 is 10.4 Å². The van der Waals surface area contributed by atoms with Crippen molar-refractivity contribution in [3.05, 3.63) is 0 Å². The van der Waals surface area contributed by atoms with Crippen molar-refractivity contribution in [3.8, 4) is 0 Å². The van der Waals surface area contributed by atoms with Crippen molar-refractivity contribution in [2.75, 3.05) is 45.9 Å². The van der Waals surface area contributed by atoms with E-state index < -0.39 is 0 Å². The molecule has 0 aromatic heterocycles. The van der Waals surface area contributed by atoms with Gasteiger partial charge in [-0.3, -0.25) is 9.80 Å². The third kappa shape index (κ3) is 4.71. The highest BCUT2D eigenvalue weighted by atomic mass is 16.3. The highest BCUT2D eigenvalue weighted by molar-refractivity contribution is 4.83. The van der Waals surface area contributed by atoms with Gasteiger partial charge in [0, 0.05) is 51.4 Å². The molecule has 1 saturated heterocycles. The van der Waals surface area contributed by atoms with Crippen LogP contribution in [0.2, 0.25) is 0 Å². The molecule has 0 bridgehead atoms. The van der Waals surface area contributed by atoms with Gasteiger partial charge in [0.25, 0.3) is 0 Å². The lowest BCUT2D eigenvalue weighted by atomic mass is 10.1. The van der Waals surface area contributed by atoms with Crippen LogP contribution in [0.5, 0.6) is 0 Å². The van der Waals surface area contributed by atoms with E-state index in [2.05, 4.69) is 22.0 Å². The van der Waals surface area contributed by atoms with Gasteiger partial charge >= 0.3 is 0 Å². The SMILES string of the molecule is CCNC(CCO)CN1CCN(C2CCCC2)CC1. The second-order valence-electron chi connectivity index (χ2n) is 6.04. The molecular weight excluding hydrogens is 238 g/mol. The first-order valence-corrected chi connectivity index (χ1v) is 8.14. The van der Waals surface area contributed by atoms with Crippen LogP contribution in [0, 0.1) is 0 Å². The van der Waals surface area contributed by atoms with Crippen LogP contribution in [-0.4, -0.2) is 72.9 Å². The van der Waals surface area contributed by atoms with Crippen molar-refractivity contribution in [1.29, 1.82) is 0 Å². The maximum Gasteiger partial charge on any atom is 0.0446 e. The molecule has 1 heterocycles. The molecule has 0 aromatic carbocycles. The summed E-state index contributed by atoms with van der Waals surface area (Å²) in [6.07, 6.45) is 6.58. The van der Waals surface area contributed by atoms with E-state index in [9.17, 15) is 0 Å². The Kier molecular flexibility index (Phi) is 6.57. The Morgan fingerprint density at radius 2 is 1.84 bits per heavy atom. The molecule has 0 aromatic rings. The summed E-state index contributed by atoms with van der Waals surface area (Å²) in [6.45, 7) is 9.39. The lowest BCUT2D eigenvalue weighted by Crippen LogP contribution is -2.52. The van der Waals surface area contributed by atoms with Crippen molar-refractivity contribution in [2.24, 2.45) is 0 Å². The van der Waals surface area contributed by atoms with Crippen molar-refractivity contribution in [2.45, 2.75) is 51.1 Å². The molecule has 1 atom stereocenters. The summed E-state index contributed by atoms with van der Waals surface area (Å²) >= 11 is 0. The van der Waals surface area contributed by atoms with Gasteiger partial charge in [0.05, 0.1) is 0 Å². The highest BCUT2D eigenvalue weighted by Crippen LogP contribution is 2.24. The largest absolute Gasteiger partial charge is 0.396 e. The fraction of sp³-hybridized carbons (Fsp3) is 1.00. The van der Waals surface area contributed by atoms with Crippen LogP contribution in [0.25, 0.3) is 0 Å². The van der Waals surface area contributed by atoms with E-state index in [1.54, 1.807) is 0 Å². The van der Waals surface area contributed by atoms with Gasteiger partial charge in [0.2, 0.25) is 0 Å². The number of nitrogens with one attached hydrogen (secondary N) is 1. The molecule has 1 aliphatic carbocycles. The van der Waals surface area contributed by atoms with Gasteiger partial charge in [-0.1, -0.05) is 19.8 Å². The van der Waals surface area contributed by atoms with E-state index >= 15 is 0 Å². The molecule has 0 spiro atoms. The summed E-state index contributed by atoms with van der Waals surface area (Å²) in [5.41, 5.74) is 0. The number of piperazine rings is 1. The van der Waals surface area contributed by atoms with Crippen LogP contribution in [0.4, 0.5) is 0 Å². The van der Waals surface area contributed by atoms with E-state index in [0.29, 0.717) is 12.6 Å². The molecule has 2 aliphatic rings. The monoisotopic (exact) mass is 269 g/mol. The predicted molar refractivity (Wildman–Crippen MR) is 79.4 cm³/mol. The summed E-state index contributed by atoms with van der Waals surface area (Å²) in [5, 5.41) is 12.6. The fourth-order valence-corrected chi connectivity index (χ4v) is 3.59. The Hall–Kier alpha value is -0.160. The Bertz CT molecular complexity index is 230. The Morgan fingerprint density at radius 1 is 1.16 bits per heavy atom. The molecule has 1 unspecified atom stereocenters. The number of aliphatic hydroxyl groups is 1. The zero-order chi connectivity index (χ0) is 13.5. The minimum absolute atomic E-state index is 0.291. The third-order valence-electron chi connectivity index (χ3n) is 4.70. The van der Waals surface area contributed by atoms with Crippen LogP contribution in [0.15, 0.2) is 0 Å². The topological polar surface area (TPSA) is 38.7 Å². The average Bonchev–Trinajstić information content (AvgIpc) is 2.94. The lowest BCUT2D eigenvalue weighted by molar-refractivity contribution is 0.0888.